The highest BCUT2D eigenvalue weighted by atomic mass is 16.6. The van der Waals surface area contributed by atoms with Crippen molar-refractivity contribution in [3.05, 3.63) is 35.5 Å². The van der Waals surface area contributed by atoms with E-state index in [1.54, 1.807) is 13.8 Å². The standard InChI is InChI=1S/C40H62O12.H2O/c1-23-12-32-21-30(43)20-29(42)16-28(25(3)41)18-33-17-27(19-36(45)49-9)24(2)40(47,52-33)37(4,5)11-10-31-13-26(15-35(44)48-8)14-34(50-31)22-39(46,51-32)38(23,6)7;/h10-11,15,19,23-25,28,30-34,41,43,46-47H,12-14,16-18,20-22H2,1-9H3;1H2/b11-10+,26-15+,27-19+;/t23-,24-,25+,28+,30-,31-,32-,33-,34-,39-,40+;/m0./s1. The molecule has 0 aliphatic carbocycles. The number of aliphatic hydroxyl groups is 4. The van der Waals surface area contributed by atoms with Gasteiger partial charge in [0.05, 0.1) is 50.8 Å². The summed E-state index contributed by atoms with van der Waals surface area (Å²) in [6.45, 7) is 12.9. The fraction of sp³-hybridized carbons (Fsp3) is 0.775. The summed E-state index contributed by atoms with van der Waals surface area (Å²) in [4.78, 5) is 38.3. The van der Waals surface area contributed by atoms with Crippen LogP contribution in [0.2, 0.25) is 0 Å². The van der Waals surface area contributed by atoms with Gasteiger partial charge in [0.15, 0.2) is 11.6 Å². The fourth-order valence-electron chi connectivity index (χ4n) is 8.47. The zero-order chi connectivity index (χ0) is 38.8. The first-order valence-corrected chi connectivity index (χ1v) is 18.7. The summed E-state index contributed by atoms with van der Waals surface area (Å²) in [6.07, 6.45) is 3.94. The number of methoxy groups -OCH3 is 2. The molecule has 6 N–H and O–H groups in total. The first-order valence-electron chi connectivity index (χ1n) is 18.7. The van der Waals surface area contributed by atoms with Crippen LogP contribution in [0.25, 0.3) is 0 Å². The highest BCUT2D eigenvalue weighted by Crippen LogP contribution is 2.52. The van der Waals surface area contributed by atoms with Crippen LogP contribution in [-0.4, -0.2) is 106 Å². The van der Waals surface area contributed by atoms with Crippen molar-refractivity contribution in [3.8, 4) is 0 Å². The van der Waals surface area contributed by atoms with Gasteiger partial charge in [-0.3, -0.25) is 4.79 Å². The molecule has 13 nitrogen and oxygen atoms in total. The van der Waals surface area contributed by atoms with Crippen molar-refractivity contribution < 1.29 is 64.0 Å². The maximum Gasteiger partial charge on any atom is 0.330 e. The number of esters is 2. The predicted molar refractivity (Wildman–Crippen MR) is 195 cm³/mol. The van der Waals surface area contributed by atoms with Gasteiger partial charge >= 0.3 is 11.9 Å². The Hall–Kier alpha value is -2.49. The number of carbonyl (C=O) groups excluding carboxylic acids is 3. The third kappa shape index (κ3) is 10.2. The topological polar surface area (TPSA) is 210 Å². The lowest BCUT2D eigenvalue weighted by Gasteiger charge is -2.54. The third-order valence-corrected chi connectivity index (χ3v) is 12.4. The lowest BCUT2D eigenvalue weighted by Crippen LogP contribution is -2.59. The highest BCUT2D eigenvalue weighted by molar-refractivity contribution is 5.83. The summed E-state index contributed by atoms with van der Waals surface area (Å²) in [6, 6.07) is 0. The van der Waals surface area contributed by atoms with Gasteiger partial charge < -0.3 is 49.6 Å². The van der Waals surface area contributed by atoms with Crippen molar-refractivity contribution in [1.82, 2.24) is 0 Å². The Morgan fingerprint density at radius 2 is 1.53 bits per heavy atom. The van der Waals surface area contributed by atoms with E-state index >= 15 is 0 Å². The van der Waals surface area contributed by atoms with Crippen LogP contribution in [0.5, 0.6) is 0 Å². The summed E-state index contributed by atoms with van der Waals surface area (Å²) in [5.74, 6) is -6.07. The van der Waals surface area contributed by atoms with E-state index in [1.165, 1.54) is 26.4 Å². The number of aliphatic hydroxyl groups excluding tert-OH is 2. The molecule has 11 atom stereocenters. The molecule has 0 aromatic heterocycles. The fourth-order valence-corrected chi connectivity index (χ4v) is 8.47. The van der Waals surface area contributed by atoms with Gasteiger partial charge in [-0.1, -0.05) is 64.8 Å². The quantitative estimate of drug-likeness (QED) is 0.185. The average molecular weight is 753 g/mol. The SMILES string of the molecule is COC(=O)/C=C1/C[C@H]2C[C@]3(O)O[C@H](C[C@@H](O)CC(=O)C[C@@H]([C@@H](C)O)C[C@@H]4C/C(=C\C(=O)OC)[C@H](C)[C@@](O)(O4)C(C)(C)/C=C/[C@@H](C1)O2)C[C@H](C)C3(C)C.O. The van der Waals surface area contributed by atoms with Gasteiger partial charge in [-0.15, -0.1) is 0 Å². The molecule has 4 aliphatic heterocycles. The van der Waals surface area contributed by atoms with Gasteiger partial charge in [0.25, 0.3) is 0 Å². The average Bonchev–Trinajstić information content (AvgIpc) is 3.04. The molecule has 0 radical (unpaired) electrons. The zero-order valence-corrected chi connectivity index (χ0v) is 32.9. The molecule has 4 aliphatic rings. The molecule has 0 aromatic carbocycles. The smallest absolute Gasteiger partial charge is 0.330 e. The van der Waals surface area contributed by atoms with E-state index in [0.717, 1.165) is 5.57 Å². The Bertz CT molecular complexity index is 1400. The van der Waals surface area contributed by atoms with Gasteiger partial charge in [0.2, 0.25) is 0 Å². The minimum absolute atomic E-state index is 0. The molecule has 0 unspecified atom stereocenters. The second-order valence-electron chi connectivity index (χ2n) is 16.9. The molecule has 0 saturated carbocycles. The highest BCUT2D eigenvalue weighted by Gasteiger charge is 2.56. The van der Waals surface area contributed by atoms with E-state index in [2.05, 4.69) is 0 Å². The Kier molecular flexibility index (Phi) is 14.9. The monoisotopic (exact) mass is 752 g/mol. The Labute approximate surface area is 314 Å². The summed E-state index contributed by atoms with van der Waals surface area (Å²) in [5.41, 5.74) is -0.425. The molecule has 0 amide bonds. The molecular weight excluding hydrogens is 688 g/mol. The van der Waals surface area contributed by atoms with Crippen molar-refractivity contribution in [2.24, 2.45) is 28.6 Å². The molecule has 4 heterocycles. The zero-order valence-electron chi connectivity index (χ0n) is 32.9. The van der Waals surface area contributed by atoms with E-state index in [1.807, 2.05) is 46.8 Å². The number of hydrogen-bond acceptors (Lipinski definition) is 12. The minimum atomic E-state index is -1.85. The number of ether oxygens (including phenoxy) is 5. The number of ketones is 1. The van der Waals surface area contributed by atoms with E-state index in [4.69, 9.17) is 23.7 Å². The third-order valence-electron chi connectivity index (χ3n) is 12.4. The molecule has 13 heteroatoms. The van der Waals surface area contributed by atoms with Crippen LogP contribution in [0.15, 0.2) is 35.5 Å². The molecule has 3 saturated heterocycles. The number of carbonyl (C=O) groups is 3. The Morgan fingerprint density at radius 3 is 2.15 bits per heavy atom. The van der Waals surface area contributed by atoms with Crippen LogP contribution in [0.1, 0.15) is 106 Å². The predicted octanol–water partition coefficient (Wildman–Crippen LogP) is 3.64. The van der Waals surface area contributed by atoms with Gasteiger partial charge in [-0.05, 0) is 50.9 Å². The molecule has 6 bridgehead atoms. The van der Waals surface area contributed by atoms with Gasteiger partial charge in [-0.2, -0.15) is 0 Å². The summed E-state index contributed by atoms with van der Waals surface area (Å²) in [7, 11) is 2.59. The molecular formula is C40H64O13. The molecule has 53 heavy (non-hydrogen) atoms. The second-order valence-corrected chi connectivity index (χ2v) is 16.9. The van der Waals surface area contributed by atoms with Crippen LogP contribution in [-0.2, 0) is 38.1 Å². The van der Waals surface area contributed by atoms with Gasteiger partial charge in [0, 0.05) is 54.6 Å². The number of fused-ring (bicyclic) bond motifs is 6. The van der Waals surface area contributed by atoms with E-state index in [0.29, 0.717) is 24.8 Å². The Morgan fingerprint density at radius 1 is 0.887 bits per heavy atom. The van der Waals surface area contributed by atoms with Crippen molar-refractivity contribution in [2.45, 2.75) is 154 Å². The summed E-state index contributed by atoms with van der Waals surface area (Å²) >= 11 is 0. The number of Topliss-reactive ketones (excluding diaryl/α,β-unsaturated/α-hetero) is 1. The van der Waals surface area contributed by atoms with Crippen LogP contribution in [0, 0.1) is 28.6 Å². The largest absolute Gasteiger partial charge is 0.466 e. The van der Waals surface area contributed by atoms with Crippen LogP contribution in [0.3, 0.4) is 0 Å². The lowest BCUT2D eigenvalue weighted by atomic mass is 9.66. The molecule has 3 fully saturated rings. The first-order chi connectivity index (χ1) is 24.1. The van der Waals surface area contributed by atoms with E-state index in [9.17, 15) is 34.8 Å². The number of rotatable bonds is 3. The van der Waals surface area contributed by atoms with Crippen molar-refractivity contribution in [3.63, 3.8) is 0 Å². The molecule has 0 aromatic rings. The molecule has 302 valence electrons. The van der Waals surface area contributed by atoms with E-state index in [-0.39, 0.29) is 55.7 Å². The van der Waals surface area contributed by atoms with Gasteiger partial charge in [-0.25, -0.2) is 9.59 Å². The Balaban J connectivity index is 0.00000756. The first kappa shape index (κ1) is 44.9. The second kappa shape index (κ2) is 17.5. The normalized spacial score (nSPS) is 40.7. The summed E-state index contributed by atoms with van der Waals surface area (Å²) in [5, 5.41) is 46.7. The van der Waals surface area contributed by atoms with Crippen molar-refractivity contribution in [2.75, 3.05) is 14.2 Å². The van der Waals surface area contributed by atoms with Gasteiger partial charge in [0.1, 0.15) is 5.78 Å². The number of hydrogen-bond donors (Lipinski definition) is 4. The lowest BCUT2D eigenvalue weighted by molar-refractivity contribution is -0.339. The maximum atomic E-state index is 13.4. The van der Waals surface area contributed by atoms with Crippen molar-refractivity contribution >= 4 is 17.7 Å². The van der Waals surface area contributed by atoms with Crippen LogP contribution < -0.4 is 0 Å². The summed E-state index contributed by atoms with van der Waals surface area (Å²) < 4.78 is 29.4. The van der Waals surface area contributed by atoms with E-state index < -0.39 is 82.8 Å². The molecule has 4 rings (SSSR count). The molecule has 0 spiro atoms. The minimum Gasteiger partial charge on any atom is -0.466 e. The van der Waals surface area contributed by atoms with Crippen LogP contribution >= 0.6 is 0 Å². The maximum absolute atomic E-state index is 13.4. The van der Waals surface area contributed by atoms with Crippen molar-refractivity contribution in [1.29, 1.82) is 0 Å². The van der Waals surface area contributed by atoms with Crippen LogP contribution in [0.4, 0.5) is 0 Å².